The lowest BCUT2D eigenvalue weighted by Gasteiger charge is -2.27. The molecule has 0 radical (unpaired) electrons. The molecule has 4 aliphatic rings. The van der Waals surface area contributed by atoms with Gasteiger partial charge >= 0.3 is 6.03 Å². The van der Waals surface area contributed by atoms with Crippen molar-refractivity contribution in [3.63, 3.8) is 0 Å². The van der Waals surface area contributed by atoms with Crippen LogP contribution in [-0.4, -0.2) is 58.1 Å². The third-order valence-corrected chi connectivity index (χ3v) is 6.53. The fourth-order valence-corrected chi connectivity index (χ4v) is 4.83. The minimum absolute atomic E-state index is 0.221. The number of nitrogens with one attached hydrogen (secondary N) is 4. The first-order valence-electron chi connectivity index (χ1n) is 9.47. The minimum atomic E-state index is -0.813. The van der Waals surface area contributed by atoms with Crippen LogP contribution in [0.2, 0.25) is 0 Å². The van der Waals surface area contributed by atoms with Gasteiger partial charge in [-0.1, -0.05) is 0 Å². The Labute approximate surface area is 160 Å². The summed E-state index contributed by atoms with van der Waals surface area (Å²) in [7, 11) is 1.68. The molecule has 144 valence electrons. The molecule has 1 aromatic carbocycles. The molecule has 6 rings (SSSR count). The normalized spacial score (nSPS) is 27.8. The summed E-state index contributed by atoms with van der Waals surface area (Å²) in [4.78, 5) is 39.8. The number of imide groups is 1. The van der Waals surface area contributed by atoms with E-state index in [9.17, 15) is 9.59 Å². The SMILES string of the molecule is CN1C(=O)NC(=O)C12Cc1cc3nc(C4=CC5(CCNC5)ON4)[nH]c3cc1C2. The van der Waals surface area contributed by atoms with E-state index in [0.29, 0.717) is 12.8 Å². The van der Waals surface area contributed by atoms with Crippen molar-refractivity contribution in [2.24, 2.45) is 0 Å². The smallest absolute Gasteiger partial charge is 0.324 e. The summed E-state index contributed by atoms with van der Waals surface area (Å²) in [5.74, 6) is 0.518. The maximum atomic E-state index is 12.4. The van der Waals surface area contributed by atoms with Crippen LogP contribution in [-0.2, 0) is 22.5 Å². The Balaban J connectivity index is 1.36. The van der Waals surface area contributed by atoms with E-state index >= 15 is 0 Å². The number of carbonyl (C=O) groups is 2. The molecule has 4 heterocycles. The standard InChI is InChI=1S/C19H20N6O3/c1-25-17(27)23-16(26)19(25)6-10-4-12-13(5-11(10)7-19)22-15(21-12)14-8-18(28-24-14)2-3-20-9-18/h4-5,8,20,24H,2-3,6-7,9H2,1H3,(H,21,22)(H,23,26,27). The highest BCUT2D eigenvalue weighted by atomic mass is 16.7. The van der Waals surface area contributed by atoms with Crippen molar-refractivity contribution in [1.29, 1.82) is 0 Å². The number of hydrogen-bond donors (Lipinski definition) is 4. The van der Waals surface area contributed by atoms with Crippen molar-refractivity contribution in [3.8, 4) is 0 Å². The molecule has 0 saturated carbocycles. The summed E-state index contributed by atoms with van der Waals surface area (Å²) in [5.41, 5.74) is 6.62. The Morgan fingerprint density at radius 1 is 1.21 bits per heavy atom. The lowest BCUT2D eigenvalue weighted by atomic mass is 9.95. The molecule has 1 aromatic heterocycles. The van der Waals surface area contributed by atoms with Gasteiger partial charge in [0.25, 0.3) is 5.91 Å². The molecule has 4 N–H and O–H groups in total. The highest BCUT2D eigenvalue weighted by Gasteiger charge is 2.54. The first kappa shape index (κ1) is 16.1. The Bertz CT molecular complexity index is 1040. The molecule has 3 aliphatic heterocycles. The number of fused-ring (bicyclic) bond motifs is 2. The molecule has 2 aromatic rings. The molecule has 2 atom stereocenters. The van der Waals surface area contributed by atoms with Crippen LogP contribution in [0, 0.1) is 0 Å². The first-order chi connectivity index (χ1) is 13.5. The molecule has 0 bridgehead atoms. The minimum Gasteiger partial charge on any atom is -0.337 e. The zero-order valence-electron chi connectivity index (χ0n) is 15.4. The molecule has 1 aliphatic carbocycles. The van der Waals surface area contributed by atoms with E-state index in [0.717, 1.165) is 53.2 Å². The van der Waals surface area contributed by atoms with Crippen molar-refractivity contribution in [1.82, 2.24) is 31.0 Å². The highest BCUT2D eigenvalue weighted by Crippen LogP contribution is 2.39. The van der Waals surface area contributed by atoms with Gasteiger partial charge in [-0.2, -0.15) is 0 Å². The van der Waals surface area contributed by atoms with Gasteiger partial charge in [0.1, 0.15) is 16.8 Å². The lowest BCUT2D eigenvalue weighted by molar-refractivity contribution is -0.125. The number of amides is 3. The van der Waals surface area contributed by atoms with Crippen molar-refractivity contribution < 1.29 is 14.4 Å². The highest BCUT2D eigenvalue weighted by molar-refractivity contribution is 6.07. The Hall–Kier alpha value is -2.91. The number of hydrogen-bond acceptors (Lipinski definition) is 6. The number of rotatable bonds is 1. The second-order valence-electron chi connectivity index (χ2n) is 8.18. The summed E-state index contributed by atoms with van der Waals surface area (Å²) in [6.07, 6.45) is 4.04. The topological polar surface area (TPSA) is 111 Å². The van der Waals surface area contributed by atoms with Gasteiger partial charge in [0, 0.05) is 26.4 Å². The molecular weight excluding hydrogens is 360 g/mol. The van der Waals surface area contributed by atoms with Crippen LogP contribution in [0.5, 0.6) is 0 Å². The van der Waals surface area contributed by atoms with Crippen molar-refractivity contribution in [2.45, 2.75) is 30.4 Å². The van der Waals surface area contributed by atoms with E-state index in [1.807, 2.05) is 12.1 Å². The monoisotopic (exact) mass is 380 g/mol. The van der Waals surface area contributed by atoms with Gasteiger partial charge in [-0.05, 0) is 42.3 Å². The molecule has 2 spiro atoms. The number of likely N-dealkylation sites (N-methyl/N-ethyl adjacent to an activating group) is 1. The summed E-state index contributed by atoms with van der Waals surface area (Å²) in [5, 5.41) is 5.75. The quantitative estimate of drug-likeness (QED) is 0.526. The first-order valence-corrected chi connectivity index (χ1v) is 9.47. The fourth-order valence-electron chi connectivity index (χ4n) is 4.83. The third-order valence-electron chi connectivity index (χ3n) is 6.53. The average Bonchev–Trinajstić information content (AvgIpc) is 3.46. The number of carbonyl (C=O) groups excluding carboxylic acids is 2. The summed E-state index contributed by atoms with van der Waals surface area (Å²) < 4.78 is 0. The molecule has 2 saturated heterocycles. The van der Waals surface area contributed by atoms with E-state index in [2.05, 4.69) is 27.2 Å². The lowest BCUT2D eigenvalue weighted by Crippen LogP contribution is -2.48. The zero-order chi connectivity index (χ0) is 19.1. The summed E-state index contributed by atoms with van der Waals surface area (Å²) >= 11 is 0. The van der Waals surface area contributed by atoms with E-state index < -0.39 is 5.54 Å². The Kier molecular flexibility index (Phi) is 2.94. The van der Waals surface area contributed by atoms with Gasteiger partial charge in [-0.25, -0.2) is 9.78 Å². The molecule has 9 heteroatoms. The van der Waals surface area contributed by atoms with Gasteiger partial charge in [0.05, 0.1) is 11.0 Å². The average molecular weight is 380 g/mol. The maximum Gasteiger partial charge on any atom is 0.324 e. The van der Waals surface area contributed by atoms with E-state index in [4.69, 9.17) is 9.82 Å². The van der Waals surface area contributed by atoms with E-state index in [-0.39, 0.29) is 17.5 Å². The Morgan fingerprint density at radius 3 is 2.75 bits per heavy atom. The number of urea groups is 1. The number of nitrogens with zero attached hydrogens (tertiary/aromatic N) is 2. The van der Waals surface area contributed by atoms with E-state index in [1.54, 1.807) is 7.05 Å². The van der Waals surface area contributed by atoms with Crippen LogP contribution in [0.15, 0.2) is 18.2 Å². The number of aromatic nitrogens is 2. The summed E-state index contributed by atoms with van der Waals surface area (Å²) in [6.45, 7) is 1.72. The third kappa shape index (κ3) is 2.00. The number of imidazole rings is 1. The Morgan fingerprint density at radius 2 is 2.04 bits per heavy atom. The van der Waals surface area contributed by atoms with Gasteiger partial charge in [0.15, 0.2) is 5.82 Å². The van der Waals surface area contributed by atoms with Crippen molar-refractivity contribution in [3.05, 3.63) is 35.2 Å². The van der Waals surface area contributed by atoms with Gasteiger partial charge < -0.3 is 15.2 Å². The second kappa shape index (κ2) is 5.12. The molecular formula is C19H20N6O3. The van der Waals surface area contributed by atoms with Gasteiger partial charge in [-0.3, -0.25) is 20.4 Å². The van der Waals surface area contributed by atoms with Crippen LogP contribution < -0.4 is 16.1 Å². The van der Waals surface area contributed by atoms with Crippen LogP contribution in [0.25, 0.3) is 16.7 Å². The predicted octanol–water partition coefficient (Wildman–Crippen LogP) is 0.190. The van der Waals surface area contributed by atoms with Gasteiger partial charge in [0.2, 0.25) is 0 Å². The van der Waals surface area contributed by atoms with Crippen LogP contribution in [0.3, 0.4) is 0 Å². The fraction of sp³-hybridized carbons (Fsp3) is 0.421. The van der Waals surface area contributed by atoms with Crippen LogP contribution in [0.4, 0.5) is 4.79 Å². The van der Waals surface area contributed by atoms with Gasteiger partial charge in [-0.15, -0.1) is 0 Å². The maximum absolute atomic E-state index is 12.4. The molecule has 9 nitrogen and oxygen atoms in total. The molecule has 3 amide bonds. The van der Waals surface area contributed by atoms with Crippen molar-refractivity contribution in [2.75, 3.05) is 20.1 Å². The predicted molar refractivity (Wildman–Crippen MR) is 99.9 cm³/mol. The molecule has 28 heavy (non-hydrogen) atoms. The zero-order valence-corrected chi connectivity index (χ0v) is 15.4. The largest absolute Gasteiger partial charge is 0.337 e. The molecule has 2 fully saturated rings. The van der Waals surface area contributed by atoms with E-state index in [1.165, 1.54) is 4.90 Å². The summed E-state index contributed by atoms with van der Waals surface area (Å²) in [6, 6.07) is 3.73. The number of aromatic amines is 1. The molecule has 2 unspecified atom stereocenters. The number of benzene rings is 1. The number of H-pyrrole nitrogens is 1. The second-order valence-corrected chi connectivity index (χ2v) is 8.18. The van der Waals surface area contributed by atoms with Crippen molar-refractivity contribution >= 4 is 28.7 Å². The number of hydroxylamine groups is 1. The van der Waals surface area contributed by atoms with Crippen LogP contribution in [0.1, 0.15) is 23.4 Å². The van der Waals surface area contributed by atoms with Crippen LogP contribution >= 0.6 is 0 Å².